The van der Waals surface area contributed by atoms with E-state index in [0.29, 0.717) is 23.6 Å². The van der Waals surface area contributed by atoms with Crippen LogP contribution in [0.2, 0.25) is 18.1 Å². The molecule has 0 unspecified atom stereocenters. The van der Waals surface area contributed by atoms with Crippen molar-refractivity contribution in [3.05, 3.63) is 185 Å². The van der Waals surface area contributed by atoms with Gasteiger partial charge in [0.15, 0.2) is 24.4 Å². The molecule has 9 rings (SSSR count). The summed E-state index contributed by atoms with van der Waals surface area (Å²) in [5.74, 6) is 0.738. The van der Waals surface area contributed by atoms with Crippen molar-refractivity contribution in [3.63, 3.8) is 0 Å². The van der Waals surface area contributed by atoms with E-state index in [9.17, 15) is 18.0 Å². The van der Waals surface area contributed by atoms with Gasteiger partial charge >= 0.3 is 5.69 Å². The molecule has 384 valence electrons. The Labute approximate surface area is 429 Å². The van der Waals surface area contributed by atoms with Crippen LogP contribution in [0, 0.1) is 0 Å². The molecule has 0 aliphatic carbocycles. The fraction of sp³-hybridized carbons (Fsp3) is 0.364. The first-order valence-electron chi connectivity index (χ1n) is 24.5. The predicted octanol–water partition coefficient (Wildman–Crippen LogP) is 9.76. The minimum absolute atomic E-state index is 0.0528. The molecular formula is C55H63N4O11PSSi. The first-order valence-corrected chi connectivity index (χ1v) is 30.2. The number of hydrogen-bond donors (Lipinski definition) is 1. The first-order chi connectivity index (χ1) is 35.0. The number of methoxy groups -OCH3 is 2. The van der Waals surface area contributed by atoms with Gasteiger partial charge in [-0.2, -0.15) is 4.98 Å². The van der Waals surface area contributed by atoms with Crippen molar-refractivity contribution in [3.8, 4) is 11.5 Å². The Morgan fingerprint density at radius 2 is 1.36 bits per heavy atom. The van der Waals surface area contributed by atoms with Gasteiger partial charge in [-0.3, -0.25) is 9.36 Å². The number of rotatable bonds is 18. The molecule has 3 saturated heterocycles. The van der Waals surface area contributed by atoms with Gasteiger partial charge < -0.3 is 37.7 Å². The van der Waals surface area contributed by atoms with Gasteiger partial charge in [0.2, 0.25) is 0 Å². The maximum atomic E-state index is 14.5. The second-order valence-corrected chi connectivity index (χ2v) is 28.2. The van der Waals surface area contributed by atoms with Gasteiger partial charge in [-0.1, -0.05) is 112 Å². The zero-order chi connectivity index (χ0) is 51.5. The van der Waals surface area contributed by atoms with E-state index in [1.54, 1.807) is 74.9 Å². The molecule has 5 aromatic carbocycles. The molecule has 0 spiro atoms. The average Bonchev–Trinajstić information content (AvgIpc) is 4.10. The number of nitrogens with one attached hydrogen (secondary N) is 1. The van der Waals surface area contributed by atoms with Gasteiger partial charge in [0.1, 0.15) is 41.2 Å². The molecule has 18 heteroatoms. The highest BCUT2D eigenvalue weighted by Gasteiger charge is 2.57. The molecule has 0 saturated carbocycles. The number of amides is 1. The van der Waals surface area contributed by atoms with Crippen LogP contribution >= 0.6 is 8.53 Å². The fourth-order valence-corrected chi connectivity index (χ4v) is 14.3. The minimum Gasteiger partial charge on any atom is -0.497 e. The summed E-state index contributed by atoms with van der Waals surface area (Å²) in [6.07, 6.45) is -1.53. The Kier molecular flexibility index (Phi) is 15.5. The lowest BCUT2D eigenvalue weighted by molar-refractivity contribution is -0.0943. The number of anilines is 1. The SMILES string of the molecule is COc1ccc(C(OC[C@H]2O[C@@H](n3ccc(NC(=O)c4ccccc4)nc3=O)[C@H](O[P@]3O[C@H](CS(=O)(=O)c4ccccc4)[C@@H]4CCCN43)[C@@H]2O[Si](C)(C)C(C)(C)C)(c2ccccc2)c2ccc(OC)cc2)cc1. The van der Waals surface area contributed by atoms with E-state index in [-0.39, 0.29) is 34.2 Å². The number of hydrogen-bond acceptors (Lipinski definition) is 13. The van der Waals surface area contributed by atoms with E-state index in [2.05, 4.69) is 48.8 Å². The molecule has 1 N–H and O–H groups in total. The standard InChI is InChI=1S/C55H63N4O11PSSi/c1-54(2,3)73(6,7)70-49-46(36-66-55(39-20-13-9-14-21-39,40-25-29-42(64-4)30-26-40)41-27-31-43(65-5)32-28-41)67-52(58-35-33-48(57-53(58)61)56-51(60)38-18-11-8-12-19-38)50(49)69-71-59-34-17-24-45(59)47(68-71)37-72(62,63)44-22-15-10-16-23-44/h8-16,18-23,25-33,35,45-47,49-50,52H,17,24,34,36-37H2,1-7H3,(H,56,57,60,61)/t45-,46+,47+,49+,50+,52+,71-/m0/s1. The summed E-state index contributed by atoms with van der Waals surface area (Å²) in [6.45, 7) is 11.3. The van der Waals surface area contributed by atoms with Crippen LogP contribution in [0.15, 0.2) is 161 Å². The van der Waals surface area contributed by atoms with Gasteiger partial charge in [0.05, 0.1) is 37.6 Å². The number of aromatic nitrogens is 2. The smallest absolute Gasteiger partial charge is 0.351 e. The molecule has 1 amide bonds. The van der Waals surface area contributed by atoms with Gasteiger partial charge in [-0.25, -0.2) is 17.9 Å². The second-order valence-electron chi connectivity index (χ2n) is 20.0. The van der Waals surface area contributed by atoms with Crippen LogP contribution in [0.5, 0.6) is 11.5 Å². The van der Waals surface area contributed by atoms with Crippen LogP contribution in [0.25, 0.3) is 0 Å². The number of sulfone groups is 1. The highest BCUT2D eigenvalue weighted by molar-refractivity contribution is 7.91. The number of fused-ring (bicyclic) bond motifs is 1. The summed E-state index contributed by atoms with van der Waals surface area (Å²) in [7, 11) is -5.15. The largest absolute Gasteiger partial charge is 0.497 e. The van der Waals surface area contributed by atoms with Crippen molar-refractivity contribution in [1.82, 2.24) is 14.2 Å². The van der Waals surface area contributed by atoms with Crippen molar-refractivity contribution in [2.75, 3.05) is 38.4 Å². The normalized spacial score (nSPS) is 22.5. The Hall–Kier alpha value is -5.59. The second kappa shape index (κ2) is 21.7. The predicted molar refractivity (Wildman–Crippen MR) is 282 cm³/mol. The summed E-state index contributed by atoms with van der Waals surface area (Å²) in [5, 5.41) is 2.46. The van der Waals surface area contributed by atoms with Gasteiger partial charge in [-0.05, 0) is 102 Å². The van der Waals surface area contributed by atoms with Gasteiger partial charge in [0, 0.05) is 24.3 Å². The van der Waals surface area contributed by atoms with Crippen LogP contribution < -0.4 is 20.5 Å². The zero-order valence-corrected chi connectivity index (χ0v) is 44.8. The molecule has 73 heavy (non-hydrogen) atoms. The molecule has 7 atom stereocenters. The average molecular weight is 1050 g/mol. The van der Waals surface area contributed by atoms with Crippen LogP contribution in [-0.4, -0.2) is 100 Å². The molecule has 3 fully saturated rings. The summed E-state index contributed by atoms with van der Waals surface area (Å²) >= 11 is 0. The molecule has 1 aromatic heterocycles. The first kappa shape index (κ1) is 52.3. The van der Waals surface area contributed by atoms with Crippen molar-refractivity contribution in [2.24, 2.45) is 0 Å². The molecule has 6 aromatic rings. The monoisotopic (exact) mass is 1050 g/mol. The quantitative estimate of drug-likeness (QED) is 0.0492. The molecule has 3 aliphatic rings. The number of carbonyl (C=O) groups is 1. The number of carbonyl (C=O) groups excluding carboxylic acids is 1. The van der Waals surface area contributed by atoms with Gasteiger partial charge in [0.25, 0.3) is 14.4 Å². The van der Waals surface area contributed by atoms with E-state index in [1.807, 2.05) is 84.9 Å². The zero-order valence-electron chi connectivity index (χ0n) is 42.1. The van der Waals surface area contributed by atoms with E-state index in [0.717, 1.165) is 29.5 Å². The molecular weight excluding hydrogens is 984 g/mol. The third kappa shape index (κ3) is 11.0. The minimum atomic E-state index is -3.74. The number of nitrogens with zero attached hydrogens (tertiary/aromatic N) is 3. The van der Waals surface area contributed by atoms with Crippen molar-refractivity contribution in [1.29, 1.82) is 0 Å². The van der Waals surface area contributed by atoms with E-state index >= 15 is 0 Å². The van der Waals surface area contributed by atoms with E-state index < -0.39 is 74.5 Å². The van der Waals surface area contributed by atoms with Crippen molar-refractivity contribution in [2.45, 2.75) is 98.9 Å². The molecule has 0 bridgehead atoms. The third-order valence-corrected chi connectivity index (χ3v) is 22.4. The number of ether oxygens (including phenoxy) is 4. The summed E-state index contributed by atoms with van der Waals surface area (Å²) in [6, 6.07) is 43.8. The molecule has 0 radical (unpaired) electrons. The Bertz CT molecular complexity index is 2960. The third-order valence-electron chi connectivity index (χ3n) is 14.4. The highest BCUT2D eigenvalue weighted by atomic mass is 32.2. The van der Waals surface area contributed by atoms with Crippen LogP contribution in [0.4, 0.5) is 5.82 Å². The fourth-order valence-electron chi connectivity index (χ4n) is 9.45. The summed E-state index contributed by atoms with van der Waals surface area (Å²) in [5.41, 5.74) is 0.901. The summed E-state index contributed by atoms with van der Waals surface area (Å²) in [4.78, 5) is 32.2. The van der Waals surface area contributed by atoms with Crippen LogP contribution in [-0.2, 0) is 38.4 Å². The lowest BCUT2D eigenvalue weighted by Crippen LogP contribution is -2.51. The molecule has 4 heterocycles. The Morgan fingerprint density at radius 1 is 0.781 bits per heavy atom. The Morgan fingerprint density at radius 3 is 1.93 bits per heavy atom. The lowest BCUT2D eigenvalue weighted by Gasteiger charge is -2.41. The maximum Gasteiger partial charge on any atom is 0.351 e. The van der Waals surface area contributed by atoms with Crippen molar-refractivity contribution >= 4 is 38.4 Å². The number of benzene rings is 5. The molecule has 3 aliphatic heterocycles. The maximum absolute atomic E-state index is 14.5. The van der Waals surface area contributed by atoms with Crippen LogP contribution in [0.3, 0.4) is 0 Å². The highest BCUT2D eigenvalue weighted by Crippen LogP contribution is 2.59. The van der Waals surface area contributed by atoms with E-state index in [4.69, 9.17) is 32.4 Å². The van der Waals surface area contributed by atoms with Crippen LogP contribution in [0.1, 0.15) is 66.9 Å². The summed E-state index contributed by atoms with van der Waals surface area (Å²) < 4.78 is 78.6. The topological polar surface area (TPSA) is 166 Å². The van der Waals surface area contributed by atoms with Gasteiger partial charge in [-0.15, -0.1) is 0 Å². The Balaban J connectivity index is 1.14. The lowest BCUT2D eigenvalue weighted by atomic mass is 9.80. The van der Waals surface area contributed by atoms with Crippen molar-refractivity contribution < 1.29 is 45.6 Å². The molecule has 15 nitrogen and oxygen atoms in total. The van der Waals surface area contributed by atoms with E-state index in [1.165, 1.54) is 10.8 Å².